The fraction of sp³-hybridized carbons (Fsp3) is 0.0500. The Labute approximate surface area is 157 Å². The number of pyridine rings is 2. The normalized spacial score (nSPS) is 12.0. The molecule has 0 bridgehead atoms. The molecule has 1 unspecified atom stereocenters. The van der Waals surface area contributed by atoms with Crippen molar-refractivity contribution in [1.82, 2.24) is 9.97 Å². The summed E-state index contributed by atoms with van der Waals surface area (Å²) in [4.78, 5) is 21.6. The van der Waals surface area contributed by atoms with Gasteiger partial charge in [0, 0.05) is 23.5 Å². The summed E-state index contributed by atoms with van der Waals surface area (Å²) in [7, 11) is -1.21. The van der Waals surface area contributed by atoms with Gasteiger partial charge in [0.1, 0.15) is 11.0 Å². The van der Waals surface area contributed by atoms with Gasteiger partial charge in [-0.05, 0) is 41.8 Å². The van der Waals surface area contributed by atoms with Gasteiger partial charge in [-0.2, -0.15) is 0 Å². The van der Waals surface area contributed by atoms with Crippen molar-refractivity contribution in [1.29, 1.82) is 0 Å². The maximum absolute atomic E-state index is 13.1. The van der Waals surface area contributed by atoms with Crippen LogP contribution in [0.5, 0.6) is 0 Å². The number of nitrogens with one attached hydrogen (secondary N) is 2. The molecule has 0 saturated heterocycles. The van der Waals surface area contributed by atoms with Gasteiger partial charge < -0.3 is 10.0 Å². The highest BCUT2D eigenvalue weighted by atomic mass is 32.2. The Bertz CT molecular complexity index is 1230. The number of hydrogen-bond acceptors (Lipinski definition) is 5. The molecule has 0 fully saturated rings. The minimum absolute atomic E-state index is 0.127. The number of rotatable bonds is 4. The van der Waals surface area contributed by atoms with Crippen LogP contribution in [0, 0.1) is 0 Å². The van der Waals surface area contributed by atoms with Crippen LogP contribution in [-0.4, -0.2) is 20.4 Å². The molecule has 0 amide bonds. The van der Waals surface area contributed by atoms with E-state index in [1.54, 1.807) is 43.0 Å². The summed E-state index contributed by atoms with van der Waals surface area (Å²) in [6.07, 6.45) is 6.63. The van der Waals surface area contributed by atoms with Crippen LogP contribution >= 0.6 is 0 Å². The topological polar surface area (TPSA) is 84.0 Å². The van der Waals surface area contributed by atoms with E-state index in [0.717, 1.165) is 11.1 Å². The molecular weight excluding hydrogens is 360 g/mol. The zero-order chi connectivity index (χ0) is 18.8. The van der Waals surface area contributed by atoms with Crippen molar-refractivity contribution in [3.63, 3.8) is 0 Å². The van der Waals surface area contributed by atoms with E-state index in [2.05, 4.69) is 20.0 Å². The van der Waals surface area contributed by atoms with Crippen LogP contribution in [0.25, 0.3) is 21.7 Å². The van der Waals surface area contributed by atoms with E-state index in [4.69, 9.17) is 0 Å². The predicted octanol–water partition coefficient (Wildman–Crippen LogP) is 3.59. The average molecular weight is 376 g/mol. The molecule has 4 rings (SSSR count). The van der Waals surface area contributed by atoms with Crippen molar-refractivity contribution in [2.24, 2.45) is 0 Å². The third-order valence-electron chi connectivity index (χ3n) is 4.09. The van der Waals surface area contributed by atoms with Crippen molar-refractivity contribution >= 4 is 49.7 Å². The summed E-state index contributed by atoms with van der Waals surface area (Å²) in [5.74, 6) is 0. The van der Waals surface area contributed by atoms with Gasteiger partial charge in [-0.25, -0.2) is 4.21 Å². The zero-order valence-electron chi connectivity index (χ0n) is 14.5. The Kier molecular flexibility index (Phi) is 4.52. The predicted molar refractivity (Wildman–Crippen MR) is 111 cm³/mol. The van der Waals surface area contributed by atoms with E-state index in [0.29, 0.717) is 27.7 Å². The maximum atomic E-state index is 13.1. The number of aromatic nitrogens is 2. The number of anilines is 3. The summed E-state index contributed by atoms with van der Waals surface area (Å²) < 4.78 is 14.2. The van der Waals surface area contributed by atoms with Crippen molar-refractivity contribution in [2.45, 2.75) is 0 Å². The van der Waals surface area contributed by atoms with Gasteiger partial charge in [0.25, 0.3) is 0 Å². The fourth-order valence-electron chi connectivity index (χ4n) is 2.90. The minimum Gasteiger partial charge on any atom is -0.353 e. The Morgan fingerprint density at radius 1 is 0.926 bits per heavy atom. The third kappa shape index (κ3) is 3.63. The minimum atomic E-state index is -1.21. The van der Waals surface area contributed by atoms with E-state index in [-0.39, 0.29) is 5.43 Å². The van der Waals surface area contributed by atoms with Crippen LogP contribution < -0.4 is 15.5 Å². The molecule has 0 aliphatic heterocycles. The standard InChI is InChI=1S/C20H16N4O2S/c1-27(26)24-14-6-4-13-5-7-19-18(20(25)17(13)9-14)10-16(12-22-19)23-15-3-2-8-21-11-15/h2-12,23-24H,1H3. The summed E-state index contributed by atoms with van der Waals surface area (Å²) in [6, 6.07) is 14.6. The van der Waals surface area contributed by atoms with Gasteiger partial charge in [-0.1, -0.05) is 12.1 Å². The Morgan fingerprint density at radius 3 is 2.52 bits per heavy atom. The Balaban J connectivity index is 1.88. The summed E-state index contributed by atoms with van der Waals surface area (Å²) in [5.41, 5.74) is 2.64. The molecule has 134 valence electrons. The summed E-state index contributed by atoms with van der Waals surface area (Å²) in [6.45, 7) is 0. The molecule has 27 heavy (non-hydrogen) atoms. The van der Waals surface area contributed by atoms with Crippen LogP contribution in [0.15, 0.2) is 71.9 Å². The first-order valence-electron chi connectivity index (χ1n) is 8.24. The van der Waals surface area contributed by atoms with Crippen molar-refractivity contribution in [2.75, 3.05) is 16.3 Å². The molecule has 2 aromatic heterocycles. The molecule has 6 nitrogen and oxygen atoms in total. The van der Waals surface area contributed by atoms with Gasteiger partial charge in [0.2, 0.25) is 0 Å². The second-order valence-corrected chi connectivity index (χ2v) is 7.16. The first-order valence-corrected chi connectivity index (χ1v) is 9.80. The van der Waals surface area contributed by atoms with Gasteiger partial charge in [0.05, 0.1) is 34.7 Å². The third-order valence-corrected chi connectivity index (χ3v) is 4.62. The van der Waals surface area contributed by atoms with E-state index in [9.17, 15) is 9.00 Å². The van der Waals surface area contributed by atoms with Gasteiger partial charge >= 0.3 is 0 Å². The van der Waals surface area contributed by atoms with Crippen LogP contribution in [0.4, 0.5) is 17.1 Å². The number of fused-ring (bicyclic) bond motifs is 2. The molecule has 7 heteroatoms. The zero-order valence-corrected chi connectivity index (χ0v) is 15.3. The van der Waals surface area contributed by atoms with Gasteiger partial charge in [0.15, 0.2) is 5.43 Å². The first-order chi connectivity index (χ1) is 13.1. The highest BCUT2D eigenvalue weighted by Crippen LogP contribution is 2.21. The van der Waals surface area contributed by atoms with Crippen LogP contribution in [0.3, 0.4) is 0 Å². The molecule has 2 N–H and O–H groups in total. The molecule has 4 aromatic rings. The van der Waals surface area contributed by atoms with E-state index in [1.807, 2.05) is 30.3 Å². The number of benzene rings is 1. The summed E-state index contributed by atoms with van der Waals surface area (Å²) in [5, 5.41) is 5.05. The Hall–Kier alpha value is -3.32. The smallest absolute Gasteiger partial charge is 0.195 e. The Morgan fingerprint density at radius 2 is 1.74 bits per heavy atom. The second kappa shape index (κ2) is 7.13. The lowest BCUT2D eigenvalue weighted by Gasteiger charge is -2.05. The van der Waals surface area contributed by atoms with E-state index in [1.165, 1.54) is 0 Å². The highest BCUT2D eigenvalue weighted by Gasteiger charge is 2.07. The lowest BCUT2D eigenvalue weighted by atomic mass is 10.1. The van der Waals surface area contributed by atoms with Crippen molar-refractivity contribution in [3.8, 4) is 0 Å². The molecule has 0 aliphatic carbocycles. The van der Waals surface area contributed by atoms with Gasteiger partial charge in [-0.3, -0.25) is 14.8 Å². The number of hydrogen-bond donors (Lipinski definition) is 2. The lowest BCUT2D eigenvalue weighted by molar-refractivity contribution is 0.690. The molecular formula is C20H16N4O2S. The van der Waals surface area contributed by atoms with Crippen LogP contribution in [-0.2, 0) is 11.0 Å². The monoisotopic (exact) mass is 376 g/mol. The molecule has 0 saturated carbocycles. The van der Waals surface area contributed by atoms with E-state index >= 15 is 0 Å². The number of nitrogens with zero attached hydrogens (tertiary/aromatic N) is 2. The van der Waals surface area contributed by atoms with E-state index < -0.39 is 11.0 Å². The molecule has 2 heterocycles. The average Bonchev–Trinajstić information content (AvgIpc) is 2.80. The van der Waals surface area contributed by atoms with Crippen molar-refractivity contribution in [3.05, 3.63) is 77.3 Å². The first kappa shape index (κ1) is 17.1. The summed E-state index contributed by atoms with van der Waals surface area (Å²) >= 11 is 0. The molecule has 0 radical (unpaired) electrons. The quantitative estimate of drug-likeness (QED) is 0.569. The fourth-order valence-corrected chi connectivity index (χ4v) is 3.36. The molecule has 0 spiro atoms. The van der Waals surface area contributed by atoms with Crippen molar-refractivity contribution < 1.29 is 4.21 Å². The lowest BCUT2D eigenvalue weighted by Crippen LogP contribution is -2.04. The highest BCUT2D eigenvalue weighted by molar-refractivity contribution is 7.85. The molecule has 1 atom stereocenters. The maximum Gasteiger partial charge on any atom is 0.195 e. The van der Waals surface area contributed by atoms with Crippen LogP contribution in [0.2, 0.25) is 0 Å². The van der Waals surface area contributed by atoms with Gasteiger partial charge in [-0.15, -0.1) is 0 Å². The SMILES string of the molecule is CS(=O)Nc1ccc2ccc3ncc(Nc4cccnc4)cc3c(=O)c2c1. The van der Waals surface area contributed by atoms with Crippen LogP contribution in [0.1, 0.15) is 0 Å². The second-order valence-electron chi connectivity index (χ2n) is 6.04. The largest absolute Gasteiger partial charge is 0.353 e. The molecule has 0 aliphatic rings. The molecule has 2 aromatic carbocycles.